The molecule has 0 aliphatic heterocycles. The van der Waals surface area contributed by atoms with Gasteiger partial charge in [-0.1, -0.05) is 78.9 Å². The van der Waals surface area contributed by atoms with E-state index in [0.29, 0.717) is 11.3 Å². The molecule has 0 radical (unpaired) electrons. The fraction of sp³-hybridized carbons (Fsp3) is 0.0435. The second-order valence-electron chi connectivity index (χ2n) is 6.11. The van der Waals surface area contributed by atoms with Crippen molar-refractivity contribution in [2.45, 2.75) is 6.92 Å². The number of aromatic nitrogens is 2. The van der Waals surface area contributed by atoms with E-state index in [0.717, 1.165) is 22.5 Å². The van der Waals surface area contributed by atoms with Gasteiger partial charge in [0.25, 0.3) is 0 Å². The van der Waals surface area contributed by atoms with Crippen molar-refractivity contribution in [1.82, 2.24) is 9.78 Å². The molecule has 4 rings (SSSR count). The first-order chi connectivity index (χ1) is 12.8. The molecule has 0 spiro atoms. The van der Waals surface area contributed by atoms with Crippen LogP contribution in [0.2, 0.25) is 0 Å². The molecular formula is C23H18N2O. The molecule has 3 nitrogen and oxygen atoms in total. The highest BCUT2D eigenvalue weighted by Gasteiger charge is 2.24. The van der Waals surface area contributed by atoms with Gasteiger partial charge in [0.05, 0.1) is 16.9 Å². The van der Waals surface area contributed by atoms with Crippen LogP contribution in [0.15, 0.2) is 91.0 Å². The van der Waals surface area contributed by atoms with Crippen LogP contribution in [0.3, 0.4) is 0 Å². The van der Waals surface area contributed by atoms with Crippen molar-refractivity contribution in [3.05, 3.63) is 96.6 Å². The predicted octanol–water partition coefficient (Wildman–Crippen LogP) is 5.41. The lowest BCUT2D eigenvalue weighted by Crippen LogP contribution is -2.01. The van der Waals surface area contributed by atoms with E-state index in [4.69, 9.17) is 5.10 Å². The zero-order valence-electron chi connectivity index (χ0n) is 14.5. The van der Waals surface area contributed by atoms with Crippen LogP contribution in [0.25, 0.3) is 28.2 Å². The van der Waals surface area contributed by atoms with Gasteiger partial charge in [-0.2, -0.15) is 5.10 Å². The molecule has 0 N–H and O–H groups in total. The number of nitrogens with zero attached hydrogens (tertiary/aromatic N) is 2. The first kappa shape index (κ1) is 16.0. The molecular weight excluding hydrogens is 320 g/mol. The van der Waals surface area contributed by atoms with E-state index in [2.05, 4.69) is 0 Å². The summed E-state index contributed by atoms with van der Waals surface area (Å²) in [4.78, 5) is 12.6. The van der Waals surface area contributed by atoms with Crippen LogP contribution in [-0.2, 0) is 0 Å². The summed E-state index contributed by atoms with van der Waals surface area (Å²) >= 11 is 0. The number of rotatable bonds is 4. The van der Waals surface area contributed by atoms with Crippen LogP contribution in [0.1, 0.15) is 17.3 Å². The maximum atomic E-state index is 12.6. The Morgan fingerprint density at radius 2 is 1.23 bits per heavy atom. The molecule has 0 amide bonds. The Morgan fingerprint density at radius 1 is 0.731 bits per heavy atom. The molecule has 0 aliphatic carbocycles. The van der Waals surface area contributed by atoms with Gasteiger partial charge in [-0.05, 0) is 19.1 Å². The zero-order chi connectivity index (χ0) is 17.9. The number of benzene rings is 3. The summed E-state index contributed by atoms with van der Waals surface area (Å²) in [6.07, 6.45) is 0. The first-order valence-corrected chi connectivity index (χ1v) is 8.56. The van der Waals surface area contributed by atoms with Gasteiger partial charge in [0.15, 0.2) is 5.78 Å². The van der Waals surface area contributed by atoms with Crippen LogP contribution in [-0.4, -0.2) is 15.6 Å². The summed E-state index contributed by atoms with van der Waals surface area (Å²) in [5.74, 6) is 0.00453. The fourth-order valence-corrected chi connectivity index (χ4v) is 3.17. The zero-order valence-corrected chi connectivity index (χ0v) is 14.5. The highest BCUT2D eigenvalue weighted by molar-refractivity contribution is 6.05. The molecule has 26 heavy (non-hydrogen) atoms. The van der Waals surface area contributed by atoms with E-state index < -0.39 is 0 Å². The Kier molecular flexibility index (Phi) is 4.20. The van der Waals surface area contributed by atoms with E-state index in [1.807, 2.05) is 95.7 Å². The maximum Gasteiger partial charge on any atom is 0.164 e. The van der Waals surface area contributed by atoms with Crippen molar-refractivity contribution in [2.24, 2.45) is 0 Å². The van der Waals surface area contributed by atoms with Gasteiger partial charge in [0.2, 0.25) is 0 Å². The Labute approximate surface area is 152 Å². The Morgan fingerprint density at radius 3 is 1.77 bits per heavy atom. The number of para-hydroxylation sites is 1. The minimum Gasteiger partial charge on any atom is -0.294 e. The van der Waals surface area contributed by atoms with E-state index in [1.165, 1.54) is 0 Å². The molecule has 0 saturated heterocycles. The number of Topliss-reactive ketones (excluding diaryl/α,β-unsaturated/α-hetero) is 1. The Hall–Kier alpha value is -3.46. The summed E-state index contributed by atoms with van der Waals surface area (Å²) in [7, 11) is 0. The minimum absolute atomic E-state index is 0.00453. The fourth-order valence-electron chi connectivity index (χ4n) is 3.17. The standard InChI is InChI=1S/C23H18N2O/c1-17(26)21-22(18-11-5-2-6-12-18)24-25(20-15-9-4-10-16-20)23(21)19-13-7-3-8-14-19/h2-16H,1H3. The number of hydrogen-bond donors (Lipinski definition) is 0. The summed E-state index contributed by atoms with van der Waals surface area (Å²) in [5.41, 5.74) is 5.01. The Bertz CT molecular complexity index is 1040. The van der Waals surface area contributed by atoms with Crippen LogP contribution in [0.4, 0.5) is 0 Å². The number of hydrogen-bond acceptors (Lipinski definition) is 2. The molecule has 126 valence electrons. The van der Waals surface area contributed by atoms with Gasteiger partial charge in [-0.3, -0.25) is 4.79 Å². The molecule has 3 heteroatoms. The number of carbonyl (C=O) groups is 1. The molecule has 0 atom stereocenters. The summed E-state index contributed by atoms with van der Waals surface area (Å²) in [6.45, 7) is 1.60. The number of carbonyl (C=O) groups excluding carboxylic acids is 1. The van der Waals surface area contributed by atoms with Crippen LogP contribution in [0, 0.1) is 0 Å². The van der Waals surface area contributed by atoms with Crippen molar-refractivity contribution in [3.63, 3.8) is 0 Å². The van der Waals surface area contributed by atoms with Crippen LogP contribution < -0.4 is 0 Å². The third-order valence-electron chi connectivity index (χ3n) is 4.33. The van der Waals surface area contributed by atoms with Gasteiger partial charge >= 0.3 is 0 Å². The smallest absolute Gasteiger partial charge is 0.164 e. The SMILES string of the molecule is CC(=O)c1c(-c2ccccc2)nn(-c2ccccc2)c1-c1ccccc1. The van der Waals surface area contributed by atoms with Gasteiger partial charge in [0, 0.05) is 11.1 Å². The van der Waals surface area contributed by atoms with Crippen LogP contribution in [0.5, 0.6) is 0 Å². The molecule has 1 aromatic heterocycles. The maximum absolute atomic E-state index is 12.6. The van der Waals surface area contributed by atoms with E-state index in [-0.39, 0.29) is 5.78 Å². The average molecular weight is 338 g/mol. The summed E-state index contributed by atoms with van der Waals surface area (Å²) in [6, 6.07) is 29.7. The molecule has 0 unspecified atom stereocenters. The molecule has 0 saturated carbocycles. The molecule has 0 bridgehead atoms. The van der Waals surface area contributed by atoms with E-state index in [1.54, 1.807) is 6.92 Å². The number of ketones is 1. The molecule has 0 aliphatic rings. The molecule has 0 fully saturated rings. The molecule has 3 aromatic carbocycles. The largest absolute Gasteiger partial charge is 0.294 e. The second-order valence-corrected chi connectivity index (χ2v) is 6.11. The molecule has 4 aromatic rings. The van der Waals surface area contributed by atoms with E-state index >= 15 is 0 Å². The van der Waals surface area contributed by atoms with E-state index in [9.17, 15) is 4.79 Å². The van der Waals surface area contributed by atoms with Crippen LogP contribution >= 0.6 is 0 Å². The van der Waals surface area contributed by atoms with Gasteiger partial charge in [-0.15, -0.1) is 0 Å². The predicted molar refractivity (Wildman–Crippen MR) is 104 cm³/mol. The first-order valence-electron chi connectivity index (χ1n) is 8.56. The highest BCUT2D eigenvalue weighted by atomic mass is 16.1. The quantitative estimate of drug-likeness (QED) is 0.466. The highest BCUT2D eigenvalue weighted by Crippen LogP contribution is 2.34. The second kappa shape index (κ2) is 6.81. The van der Waals surface area contributed by atoms with Crippen molar-refractivity contribution < 1.29 is 4.79 Å². The average Bonchev–Trinajstić information content (AvgIpc) is 3.11. The normalized spacial score (nSPS) is 10.7. The summed E-state index contributed by atoms with van der Waals surface area (Å²) in [5, 5.41) is 4.84. The summed E-state index contributed by atoms with van der Waals surface area (Å²) < 4.78 is 1.87. The lowest BCUT2D eigenvalue weighted by molar-refractivity contribution is 0.101. The topological polar surface area (TPSA) is 34.9 Å². The Balaban J connectivity index is 2.07. The van der Waals surface area contributed by atoms with Gasteiger partial charge < -0.3 is 0 Å². The van der Waals surface area contributed by atoms with Crippen molar-refractivity contribution >= 4 is 5.78 Å². The monoisotopic (exact) mass is 338 g/mol. The third-order valence-corrected chi connectivity index (χ3v) is 4.33. The lowest BCUT2D eigenvalue weighted by Gasteiger charge is -2.09. The van der Waals surface area contributed by atoms with Crippen molar-refractivity contribution in [1.29, 1.82) is 0 Å². The van der Waals surface area contributed by atoms with Gasteiger partial charge in [0.1, 0.15) is 5.69 Å². The molecule has 1 heterocycles. The van der Waals surface area contributed by atoms with Gasteiger partial charge in [-0.25, -0.2) is 4.68 Å². The van der Waals surface area contributed by atoms with Crippen molar-refractivity contribution in [3.8, 4) is 28.2 Å². The van der Waals surface area contributed by atoms with Crippen molar-refractivity contribution in [2.75, 3.05) is 0 Å². The minimum atomic E-state index is 0.00453. The third kappa shape index (κ3) is 2.84. The lowest BCUT2D eigenvalue weighted by atomic mass is 9.99.